The van der Waals surface area contributed by atoms with Gasteiger partial charge < -0.3 is 20.1 Å². The van der Waals surface area contributed by atoms with Gasteiger partial charge in [0.2, 0.25) is 5.91 Å². The summed E-state index contributed by atoms with van der Waals surface area (Å²) >= 11 is 5.96. The highest BCUT2D eigenvalue weighted by molar-refractivity contribution is 6.30. The lowest BCUT2D eigenvalue weighted by Crippen LogP contribution is -2.23. The van der Waals surface area contributed by atoms with E-state index in [1.807, 2.05) is 24.3 Å². The van der Waals surface area contributed by atoms with Gasteiger partial charge in [0.05, 0.1) is 19.9 Å². The summed E-state index contributed by atoms with van der Waals surface area (Å²) < 4.78 is 10.4. The number of hydrogen-bond acceptors (Lipinski definition) is 4. The van der Waals surface area contributed by atoms with Gasteiger partial charge in [-0.1, -0.05) is 23.7 Å². The van der Waals surface area contributed by atoms with Crippen molar-refractivity contribution in [3.8, 4) is 11.5 Å². The van der Waals surface area contributed by atoms with E-state index >= 15 is 0 Å². The zero-order valence-corrected chi connectivity index (χ0v) is 15.2. The van der Waals surface area contributed by atoms with Gasteiger partial charge in [0.15, 0.2) is 0 Å². The van der Waals surface area contributed by atoms with E-state index in [0.29, 0.717) is 30.2 Å². The molecule has 5 nitrogen and oxygen atoms in total. The minimum Gasteiger partial charge on any atom is -0.497 e. The Morgan fingerprint density at radius 3 is 2.64 bits per heavy atom. The first-order chi connectivity index (χ1) is 12.1. The molecule has 0 aliphatic heterocycles. The molecule has 0 saturated heterocycles. The Morgan fingerprint density at radius 2 is 1.92 bits per heavy atom. The van der Waals surface area contributed by atoms with E-state index in [1.165, 1.54) is 5.56 Å². The Balaban J connectivity index is 1.72. The molecule has 0 unspecified atom stereocenters. The lowest BCUT2D eigenvalue weighted by atomic mass is 10.1. The van der Waals surface area contributed by atoms with E-state index < -0.39 is 0 Å². The number of carbonyl (C=O) groups is 1. The van der Waals surface area contributed by atoms with Crippen molar-refractivity contribution >= 4 is 23.2 Å². The molecule has 2 aromatic rings. The van der Waals surface area contributed by atoms with Crippen molar-refractivity contribution in [2.24, 2.45) is 0 Å². The lowest BCUT2D eigenvalue weighted by molar-refractivity contribution is -0.116. The molecule has 0 saturated carbocycles. The Kier molecular flexibility index (Phi) is 7.57. The van der Waals surface area contributed by atoms with Gasteiger partial charge in [-0.25, -0.2) is 0 Å². The van der Waals surface area contributed by atoms with E-state index in [1.54, 1.807) is 32.4 Å². The Bertz CT molecular complexity index is 707. The fraction of sp³-hybridized carbons (Fsp3) is 0.316. The minimum atomic E-state index is -0.0706. The fourth-order valence-electron chi connectivity index (χ4n) is 2.37. The second kappa shape index (κ2) is 9.91. The van der Waals surface area contributed by atoms with E-state index in [0.717, 1.165) is 18.0 Å². The summed E-state index contributed by atoms with van der Waals surface area (Å²) in [5, 5.41) is 6.85. The van der Waals surface area contributed by atoms with Crippen molar-refractivity contribution in [1.82, 2.24) is 5.32 Å². The highest BCUT2D eigenvalue weighted by Gasteiger charge is 2.08. The van der Waals surface area contributed by atoms with Crippen molar-refractivity contribution in [1.29, 1.82) is 0 Å². The molecule has 2 N–H and O–H groups in total. The number of halogens is 1. The number of anilines is 1. The van der Waals surface area contributed by atoms with Crippen molar-refractivity contribution in [3.05, 3.63) is 53.1 Å². The summed E-state index contributed by atoms with van der Waals surface area (Å²) in [7, 11) is 3.14. The maximum absolute atomic E-state index is 12.1. The third-order valence-corrected chi connectivity index (χ3v) is 3.93. The van der Waals surface area contributed by atoms with Gasteiger partial charge in [-0.2, -0.15) is 0 Å². The normalized spacial score (nSPS) is 10.4. The molecular weight excluding hydrogens is 340 g/mol. The smallest absolute Gasteiger partial charge is 0.225 e. The number of ether oxygens (including phenoxy) is 2. The van der Waals surface area contributed by atoms with Gasteiger partial charge in [-0.05, 0) is 42.8 Å². The average Bonchev–Trinajstić information content (AvgIpc) is 2.61. The number of benzene rings is 2. The van der Waals surface area contributed by atoms with E-state index in [4.69, 9.17) is 21.1 Å². The number of methoxy groups -OCH3 is 2. The fourth-order valence-corrected chi connectivity index (χ4v) is 2.58. The van der Waals surface area contributed by atoms with Gasteiger partial charge in [0.1, 0.15) is 11.5 Å². The van der Waals surface area contributed by atoms with Crippen LogP contribution in [0.3, 0.4) is 0 Å². The number of rotatable bonds is 9. The van der Waals surface area contributed by atoms with Crippen LogP contribution in [-0.2, 0) is 11.2 Å². The number of amides is 1. The highest BCUT2D eigenvalue weighted by Crippen LogP contribution is 2.28. The lowest BCUT2D eigenvalue weighted by Gasteiger charge is -2.12. The molecule has 25 heavy (non-hydrogen) atoms. The van der Waals surface area contributed by atoms with Crippen LogP contribution in [-0.4, -0.2) is 33.2 Å². The first-order valence-electron chi connectivity index (χ1n) is 8.09. The Labute approximate surface area is 153 Å². The number of carbonyl (C=O) groups excluding carboxylic acids is 1. The van der Waals surface area contributed by atoms with Crippen LogP contribution in [0.15, 0.2) is 42.5 Å². The number of hydrogen-bond donors (Lipinski definition) is 2. The molecule has 0 heterocycles. The summed E-state index contributed by atoms with van der Waals surface area (Å²) in [6, 6.07) is 13.1. The molecule has 134 valence electrons. The third-order valence-electron chi connectivity index (χ3n) is 3.69. The molecule has 2 aromatic carbocycles. The van der Waals surface area contributed by atoms with E-state index in [-0.39, 0.29) is 5.91 Å². The minimum absolute atomic E-state index is 0.0706. The van der Waals surface area contributed by atoms with Crippen LogP contribution in [0, 0.1) is 0 Å². The predicted octanol–water partition coefficient (Wildman–Crippen LogP) is 3.52. The summed E-state index contributed by atoms with van der Waals surface area (Å²) in [6.07, 6.45) is 1.25. The van der Waals surface area contributed by atoms with Crippen LogP contribution in [0.2, 0.25) is 5.02 Å². The molecule has 6 heteroatoms. The van der Waals surface area contributed by atoms with Crippen LogP contribution in [0.4, 0.5) is 5.69 Å². The van der Waals surface area contributed by atoms with Gasteiger partial charge in [0, 0.05) is 24.1 Å². The monoisotopic (exact) mass is 362 g/mol. The zero-order chi connectivity index (χ0) is 18.1. The van der Waals surface area contributed by atoms with Crippen LogP contribution in [0.1, 0.15) is 12.0 Å². The van der Waals surface area contributed by atoms with Crippen molar-refractivity contribution in [3.63, 3.8) is 0 Å². The third kappa shape index (κ3) is 6.29. The van der Waals surface area contributed by atoms with E-state index in [9.17, 15) is 4.79 Å². The summed E-state index contributed by atoms with van der Waals surface area (Å²) in [4.78, 5) is 12.1. The van der Waals surface area contributed by atoms with Gasteiger partial charge in [0.25, 0.3) is 0 Å². The van der Waals surface area contributed by atoms with Crippen molar-refractivity contribution in [2.45, 2.75) is 12.8 Å². The predicted molar refractivity (Wildman–Crippen MR) is 101 cm³/mol. The topological polar surface area (TPSA) is 59.6 Å². The molecule has 0 aromatic heterocycles. The van der Waals surface area contributed by atoms with Crippen LogP contribution in [0.5, 0.6) is 11.5 Å². The second-order valence-corrected chi connectivity index (χ2v) is 5.93. The maximum Gasteiger partial charge on any atom is 0.225 e. The maximum atomic E-state index is 12.1. The largest absolute Gasteiger partial charge is 0.497 e. The van der Waals surface area contributed by atoms with E-state index in [2.05, 4.69) is 10.6 Å². The van der Waals surface area contributed by atoms with Gasteiger partial charge in [-0.3, -0.25) is 4.79 Å². The van der Waals surface area contributed by atoms with Crippen LogP contribution in [0.25, 0.3) is 0 Å². The highest BCUT2D eigenvalue weighted by atomic mass is 35.5. The first kappa shape index (κ1) is 19.1. The average molecular weight is 363 g/mol. The molecular formula is C19H23ClN2O3. The molecule has 0 atom stereocenters. The molecule has 0 aliphatic carbocycles. The molecule has 1 amide bonds. The molecule has 0 bridgehead atoms. The summed E-state index contributed by atoms with van der Waals surface area (Å²) in [5.74, 6) is 1.18. The molecule has 0 fully saturated rings. The van der Waals surface area contributed by atoms with Crippen molar-refractivity contribution in [2.75, 3.05) is 32.6 Å². The molecule has 2 rings (SSSR count). The zero-order valence-electron chi connectivity index (χ0n) is 14.5. The SMILES string of the molecule is COc1ccc(NC(=O)CCNCCc2cccc(Cl)c2)c(OC)c1. The second-order valence-electron chi connectivity index (χ2n) is 5.49. The Morgan fingerprint density at radius 1 is 1.08 bits per heavy atom. The van der Waals surface area contributed by atoms with Crippen LogP contribution >= 0.6 is 11.6 Å². The molecule has 0 aliphatic rings. The van der Waals surface area contributed by atoms with Crippen molar-refractivity contribution < 1.29 is 14.3 Å². The summed E-state index contributed by atoms with van der Waals surface area (Å²) in [5.41, 5.74) is 1.81. The Hall–Kier alpha value is -2.24. The van der Waals surface area contributed by atoms with Gasteiger partial charge >= 0.3 is 0 Å². The van der Waals surface area contributed by atoms with Gasteiger partial charge in [-0.15, -0.1) is 0 Å². The quantitative estimate of drug-likeness (QED) is 0.670. The molecule has 0 radical (unpaired) electrons. The summed E-state index contributed by atoms with van der Waals surface area (Å²) in [6.45, 7) is 1.39. The number of nitrogens with one attached hydrogen (secondary N) is 2. The molecule has 0 spiro atoms. The first-order valence-corrected chi connectivity index (χ1v) is 8.47. The standard InChI is InChI=1S/C19H23ClN2O3/c1-24-16-6-7-17(18(13-16)25-2)22-19(23)9-11-21-10-8-14-4-3-5-15(20)12-14/h3-7,12-13,21H,8-11H2,1-2H3,(H,22,23). The van der Waals surface area contributed by atoms with Crippen LogP contribution < -0.4 is 20.1 Å².